The molecule has 0 bridgehead atoms. The lowest BCUT2D eigenvalue weighted by atomic mass is 9.59. The second kappa shape index (κ2) is 8.45. The third kappa shape index (κ3) is 4.02. The summed E-state index contributed by atoms with van der Waals surface area (Å²) in [6, 6.07) is 0. The molecule has 0 aromatic carbocycles. The van der Waals surface area contributed by atoms with E-state index in [1.165, 1.54) is 0 Å². The molecule has 0 radical (unpaired) electrons. The van der Waals surface area contributed by atoms with Gasteiger partial charge in [0.15, 0.2) is 6.29 Å². The van der Waals surface area contributed by atoms with Crippen molar-refractivity contribution in [3.05, 3.63) is 23.8 Å². The molecule has 3 rings (SSSR count). The number of aliphatic carboxylic acids is 1. The number of hydrogen-bond donors (Lipinski definition) is 5. The zero-order valence-electron chi connectivity index (χ0n) is 16.9. The zero-order chi connectivity index (χ0) is 21.5. The maximum atomic E-state index is 11.5. The Morgan fingerprint density at radius 3 is 2.62 bits per heavy atom. The number of carbonyl (C=O) groups is 1. The quantitative estimate of drug-likeness (QED) is 0.327. The molecule has 2 aliphatic carbocycles. The SMILES string of the molecule is C=C(C(=O)O)C1C=C2C(C)CCCC2(C)C(OC2OC(CO)C(O)C(O)C2O)C1. The Morgan fingerprint density at radius 1 is 1.31 bits per heavy atom. The van der Waals surface area contributed by atoms with Gasteiger partial charge in [-0.05, 0) is 25.2 Å². The fourth-order valence-corrected chi connectivity index (χ4v) is 5.06. The predicted octanol–water partition coefficient (Wildman–Crippen LogP) is 0.585. The fourth-order valence-electron chi connectivity index (χ4n) is 5.06. The average Bonchev–Trinajstić information content (AvgIpc) is 2.68. The molecule has 0 aromatic rings. The van der Waals surface area contributed by atoms with Gasteiger partial charge in [-0.15, -0.1) is 0 Å². The molecule has 2 fully saturated rings. The first-order chi connectivity index (χ1) is 13.6. The second-order valence-electron chi connectivity index (χ2n) is 8.83. The summed E-state index contributed by atoms with van der Waals surface area (Å²) >= 11 is 0. The number of allylic oxidation sites excluding steroid dienone is 1. The smallest absolute Gasteiger partial charge is 0.331 e. The first kappa shape index (κ1) is 22.4. The van der Waals surface area contributed by atoms with Gasteiger partial charge >= 0.3 is 5.97 Å². The van der Waals surface area contributed by atoms with Crippen molar-refractivity contribution in [2.45, 2.75) is 76.3 Å². The minimum Gasteiger partial charge on any atom is -0.478 e. The standard InChI is InChI=1S/C21H32O8/c1-10-5-4-6-21(3)13(10)7-12(11(2)19(26)27)8-15(21)29-20-18(25)17(24)16(23)14(9-22)28-20/h7,10,12,14-18,20,22-25H,2,4-6,8-9H2,1,3H3,(H,26,27). The Hall–Kier alpha value is -1.29. The topological polar surface area (TPSA) is 137 Å². The average molecular weight is 412 g/mol. The van der Waals surface area contributed by atoms with Crippen LogP contribution in [-0.2, 0) is 14.3 Å². The predicted molar refractivity (Wildman–Crippen MR) is 103 cm³/mol. The fraction of sp³-hybridized carbons (Fsp3) is 0.762. The van der Waals surface area contributed by atoms with Crippen LogP contribution < -0.4 is 0 Å². The summed E-state index contributed by atoms with van der Waals surface area (Å²) in [5, 5.41) is 49.3. The number of fused-ring (bicyclic) bond motifs is 1. The molecule has 164 valence electrons. The van der Waals surface area contributed by atoms with E-state index in [0.29, 0.717) is 6.42 Å². The van der Waals surface area contributed by atoms with E-state index in [-0.39, 0.29) is 16.9 Å². The van der Waals surface area contributed by atoms with E-state index >= 15 is 0 Å². The van der Waals surface area contributed by atoms with Crippen LogP contribution in [0.3, 0.4) is 0 Å². The second-order valence-corrected chi connectivity index (χ2v) is 8.83. The highest BCUT2D eigenvalue weighted by Gasteiger charge is 2.51. The van der Waals surface area contributed by atoms with Crippen molar-refractivity contribution < 1.29 is 39.8 Å². The number of carboxylic acids is 1. The Bertz CT molecular complexity index is 674. The number of aliphatic hydroxyl groups excluding tert-OH is 4. The molecule has 9 unspecified atom stereocenters. The lowest BCUT2D eigenvalue weighted by Crippen LogP contribution is -2.60. The molecule has 0 aromatic heterocycles. The first-order valence-corrected chi connectivity index (χ1v) is 10.2. The Labute approximate surface area is 170 Å². The van der Waals surface area contributed by atoms with Gasteiger partial charge in [0.2, 0.25) is 0 Å². The highest BCUT2D eigenvalue weighted by Crippen LogP contribution is 2.53. The molecule has 1 heterocycles. The van der Waals surface area contributed by atoms with E-state index in [9.17, 15) is 30.3 Å². The maximum Gasteiger partial charge on any atom is 0.331 e. The van der Waals surface area contributed by atoms with Crippen LogP contribution in [0.1, 0.15) is 39.5 Å². The summed E-state index contributed by atoms with van der Waals surface area (Å²) in [4.78, 5) is 11.5. The molecule has 8 nitrogen and oxygen atoms in total. The van der Waals surface area contributed by atoms with Crippen LogP contribution in [0.2, 0.25) is 0 Å². The van der Waals surface area contributed by atoms with E-state index < -0.39 is 55.3 Å². The van der Waals surface area contributed by atoms with E-state index in [4.69, 9.17) is 9.47 Å². The molecule has 0 amide bonds. The van der Waals surface area contributed by atoms with Gasteiger partial charge in [0, 0.05) is 16.9 Å². The number of rotatable bonds is 5. The molecule has 9 atom stereocenters. The van der Waals surface area contributed by atoms with Gasteiger partial charge in [-0.2, -0.15) is 0 Å². The summed E-state index contributed by atoms with van der Waals surface area (Å²) < 4.78 is 11.7. The molecule has 1 saturated heterocycles. The minimum absolute atomic E-state index is 0.0831. The Balaban J connectivity index is 1.89. The van der Waals surface area contributed by atoms with E-state index in [1.54, 1.807) is 0 Å². The van der Waals surface area contributed by atoms with Crippen LogP contribution in [0.15, 0.2) is 23.8 Å². The number of aliphatic hydroxyl groups is 4. The van der Waals surface area contributed by atoms with Crippen LogP contribution in [0, 0.1) is 17.3 Å². The van der Waals surface area contributed by atoms with Crippen molar-refractivity contribution in [2.24, 2.45) is 17.3 Å². The summed E-state index contributed by atoms with van der Waals surface area (Å²) in [7, 11) is 0. The van der Waals surface area contributed by atoms with E-state index in [2.05, 4.69) is 20.4 Å². The summed E-state index contributed by atoms with van der Waals surface area (Å²) in [5.41, 5.74) is 0.836. The maximum absolute atomic E-state index is 11.5. The van der Waals surface area contributed by atoms with Crippen molar-refractivity contribution in [3.63, 3.8) is 0 Å². The molecule has 1 aliphatic heterocycles. The van der Waals surface area contributed by atoms with Crippen LogP contribution in [-0.4, -0.2) is 74.9 Å². The van der Waals surface area contributed by atoms with Crippen LogP contribution in [0.25, 0.3) is 0 Å². The molecule has 8 heteroatoms. The highest BCUT2D eigenvalue weighted by atomic mass is 16.7. The van der Waals surface area contributed by atoms with Crippen molar-refractivity contribution in [1.29, 1.82) is 0 Å². The molecule has 1 saturated carbocycles. The van der Waals surface area contributed by atoms with Gasteiger partial charge < -0.3 is 35.0 Å². The van der Waals surface area contributed by atoms with Crippen molar-refractivity contribution in [1.82, 2.24) is 0 Å². The van der Waals surface area contributed by atoms with Gasteiger partial charge in [0.05, 0.1) is 12.7 Å². The lowest BCUT2D eigenvalue weighted by Gasteiger charge is -2.51. The van der Waals surface area contributed by atoms with Gasteiger partial charge in [-0.1, -0.05) is 38.5 Å². The first-order valence-electron chi connectivity index (χ1n) is 10.2. The third-order valence-electron chi connectivity index (χ3n) is 6.95. The van der Waals surface area contributed by atoms with Crippen LogP contribution >= 0.6 is 0 Å². The van der Waals surface area contributed by atoms with E-state index in [1.807, 2.05) is 6.08 Å². The molecular weight excluding hydrogens is 380 g/mol. The number of ether oxygens (including phenoxy) is 2. The molecule has 5 N–H and O–H groups in total. The summed E-state index contributed by atoms with van der Waals surface area (Å²) in [5.74, 6) is -1.21. The van der Waals surface area contributed by atoms with Crippen molar-refractivity contribution in [3.8, 4) is 0 Å². The van der Waals surface area contributed by atoms with Crippen LogP contribution in [0.5, 0.6) is 0 Å². The van der Waals surface area contributed by atoms with Crippen LogP contribution in [0.4, 0.5) is 0 Å². The third-order valence-corrected chi connectivity index (χ3v) is 6.95. The van der Waals surface area contributed by atoms with Crippen molar-refractivity contribution in [2.75, 3.05) is 6.61 Å². The van der Waals surface area contributed by atoms with Gasteiger partial charge in [0.1, 0.15) is 24.4 Å². The minimum atomic E-state index is -1.52. The van der Waals surface area contributed by atoms with E-state index in [0.717, 1.165) is 24.8 Å². The Morgan fingerprint density at radius 2 is 2.00 bits per heavy atom. The monoisotopic (exact) mass is 412 g/mol. The van der Waals surface area contributed by atoms with Gasteiger partial charge in [-0.25, -0.2) is 4.79 Å². The molecular formula is C21H32O8. The normalized spacial score (nSPS) is 45.2. The summed E-state index contributed by atoms with van der Waals surface area (Å²) in [6.07, 6.45) is -2.05. The van der Waals surface area contributed by atoms with Gasteiger partial charge in [-0.3, -0.25) is 0 Å². The highest BCUT2D eigenvalue weighted by molar-refractivity contribution is 5.86. The summed E-state index contributed by atoms with van der Waals surface area (Å²) in [6.45, 7) is 7.37. The number of hydrogen-bond acceptors (Lipinski definition) is 7. The molecule has 29 heavy (non-hydrogen) atoms. The number of carboxylic acid groups (broad SMARTS) is 1. The lowest BCUT2D eigenvalue weighted by molar-refractivity contribution is -0.320. The molecule has 0 spiro atoms. The van der Waals surface area contributed by atoms with Gasteiger partial charge in [0.25, 0.3) is 0 Å². The Kier molecular flexibility index (Phi) is 6.53. The molecule has 3 aliphatic rings. The largest absolute Gasteiger partial charge is 0.478 e. The van der Waals surface area contributed by atoms with Crippen molar-refractivity contribution >= 4 is 5.97 Å². The zero-order valence-corrected chi connectivity index (χ0v) is 16.9.